The molecule has 60 valence electrons. The topological polar surface area (TPSA) is 105 Å². The minimum absolute atomic E-state index is 0.338. The summed E-state index contributed by atoms with van der Waals surface area (Å²) in [6, 6.07) is 0. The monoisotopic (exact) mass is 157 g/mol. The summed E-state index contributed by atoms with van der Waals surface area (Å²) >= 11 is 0. The van der Waals surface area contributed by atoms with E-state index in [0.29, 0.717) is 19.4 Å². The van der Waals surface area contributed by atoms with E-state index in [0.717, 1.165) is 11.1 Å². The van der Waals surface area contributed by atoms with Crippen molar-refractivity contribution in [1.82, 2.24) is 0 Å². The minimum atomic E-state index is 0.338. The van der Waals surface area contributed by atoms with E-state index in [-0.39, 0.29) is 0 Å². The highest BCUT2D eigenvalue weighted by Crippen LogP contribution is 1.89. The average Bonchev–Trinajstić information content (AvgIpc) is 2.03. The van der Waals surface area contributed by atoms with Gasteiger partial charge in [0.15, 0.2) is 0 Å². The van der Waals surface area contributed by atoms with Crippen molar-refractivity contribution >= 4 is 6.29 Å². The van der Waals surface area contributed by atoms with Gasteiger partial charge in [0, 0.05) is 6.42 Å². The summed E-state index contributed by atoms with van der Waals surface area (Å²) in [5.41, 5.74) is 12.8. The van der Waals surface area contributed by atoms with E-state index in [9.17, 15) is 4.79 Å². The van der Waals surface area contributed by atoms with Crippen LogP contribution in [0.25, 0.3) is 0 Å². The van der Waals surface area contributed by atoms with Gasteiger partial charge in [-0.2, -0.15) is 0 Å². The number of aldehydes is 1. The molecule has 0 bridgehead atoms. The third-order valence-corrected chi connectivity index (χ3v) is 0.943. The Labute approximate surface area is 63.1 Å². The molecular formula is C4H9N6O+. The highest BCUT2D eigenvalue weighted by atomic mass is 16.1. The Hall–Kier alpha value is -1.53. The lowest BCUT2D eigenvalue weighted by Gasteiger charge is -1.89. The summed E-state index contributed by atoms with van der Waals surface area (Å²) in [5, 5.41) is 8.79. The van der Waals surface area contributed by atoms with Crippen molar-refractivity contribution in [3.8, 4) is 0 Å². The first-order chi connectivity index (χ1) is 5.35. The van der Waals surface area contributed by atoms with Crippen LogP contribution in [-0.4, -0.2) is 17.6 Å². The van der Waals surface area contributed by atoms with Crippen LogP contribution in [0.4, 0.5) is 0 Å². The minimum Gasteiger partial charge on any atom is -0.303 e. The number of carbonyl (C=O) groups is 1. The zero-order valence-electron chi connectivity index (χ0n) is 5.90. The second kappa shape index (κ2) is 6.59. The fourth-order valence-corrected chi connectivity index (χ4v) is 0.482. The van der Waals surface area contributed by atoms with Gasteiger partial charge in [-0.3, -0.25) is 0 Å². The first-order valence-electron chi connectivity index (χ1n) is 3.01. The lowest BCUT2D eigenvalue weighted by molar-refractivity contribution is -0.611. The Bertz CT molecular complexity index is 175. The smallest absolute Gasteiger partial charge is 0.121 e. The van der Waals surface area contributed by atoms with Crippen LogP contribution in [0, 0.1) is 11.1 Å². The maximum absolute atomic E-state index is 9.85. The van der Waals surface area contributed by atoms with Crippen LogP contribution in [0.5, 0.6) is 0 Å². The van der Waals surface area contributed by atoms with Crippen molar-refractivity contribution < 1.29 is 9.60 Å². The quantitative estimate of drug-likeness (QED) is 0.196. The molecule has 0 unspecified atom stereocenters. The third-order valence-electron chi connectivity index (χ3n) is 0.943. The summed E-state index contributed by atoms with van der Waals surface area (Å²) in [6.07, 6.45) is 1.74. The molecule has 0 aromatic heterocycles. The standard InChI is InChI=1S/C4H9N6O/c5-7-9-10(8-6)3-1-2-4-11/h4-6H,1-3H2/q+1. The predicted octanol–water partition coefficient (Wildman–Crippen LogP) is 1.32. The summed E-state index contributed by atoms with van der Waals surface area (Å²) in [5.74, 6) is 0. The normalized spacial score (nSPS) is 10.7. The molecule has 0 heterocycles. The molecule has 0 rings (SSSR count). The molecule has 7 nitrogen and oxygen atoms in total. The maximum Gasteiger partial charge on any atom is 0.121 e. The molecule has 0 spiro atoms. The van der Waals surface area contributed by atoms with E-state index < -0.39 is 0 Å². The summed E-state index contributed by atoms with van der Waals surface area (Å²) < 4.78 is 0. The lowest BCUT2D eigenvalue weighted by atomic mass is 10.3. The molecule has 0 saturated carbocycles. The largest absolute Gasteiger partial charge is 0.303 e. The molecule has 0 aliphatic heterocycles. The summed E-state index contributed by atoms with van der Waals surface area (Å²) in [7, 11) is 0. The van der Waals surface area contributed by atoms with Gasteiger partial charge < -0.3 is 4.79 Å². The fourth-order valence-electron chi connectivity index (χ4n) is 0.482. The molecule has 0 atom stereocenters. The highest BCUT2D eigenvalue weighted by Gasteiger charge is 1.96. The molecule has 0 amide bonds. The van der Waals surface area contributed by atoms with Gasteiger partial charge in [0.25, 0.3) is 0 Å². The van der Waals surface area contributed by atoms with Gasteiger partial charge >= 0.3 is 0 Å². The molecule has 0 radical (unpaired) electrons. The molecular weight excluding hydrogens is 148 g/mol. The van der Waals surface area contributed by atoms with Crippen LogP contribution in [0.3, 0.4) is 0 Å². The van der Waals surface area contributed by atoms with Gasteiger partial charge in [0.2, 0.25) is 0 Å². The van der Waals surface area contributed by atoms with Crippen LogP contribution in [-0.2, 0) is 4.79 Å². The van der Waals surface area contributed by atoms with Crippen molar-refractivity contribution in [1.29, 1.82) is 11.1 Å². The molecule has 7 heteroatoms. The van der Waals surface area contributed by atoms with Crippen LogP contribution < -0.4 is 0 Å². The molecule has 0 aliphatic carbocycles. The average molecular weight is 157 g/mol. The number of hydrogen-bond donors (Lipinski definition) is 2. The Morgan fingerprint density at radius 2 is 2.18 bits per heavy atom. The fraction of sp³-hybridized carbons (Fsp3) is 0.750. The zero-order chi connectivity index (χ0) is 8.53. The lowest BCUT2D eigenvalue weighted by Crippen LogP contribution is -2.02. The Morgan fingerprint density at radius 1 is 1.45 bits per heavy atom. The number of unbranched alkanes of at least 4 members (excludes halogenated alkanes) is 1. The number of nitrogens with zero attached hydrogens (tertiary/aromatic N) is 4. The molecule has 0 aromatic carbocycles. The number of carbonyl (C=O) groups excluding carboxylic acids is 1. The number of hydrogen-bond acceptors (Lipinski definition) is 3. The molecule has 0 fully saturated rings. The summed E-state index contributed by atoms with van der Waals surface area (Å²) in [4.78, 5) is 10.8. The van der Waals surface area contributed by atoms with Crippen molar-refractivity contribution in [2.75, 3.05) is 6.54 Å². The Kier molecular flexibility index (Phi) is 5.67. The van der Waals surface area contributed by atoms with E-state index in [1.54, 1.807) is 0 Å². The number of rotatable bonds is 6. The molecule has 0 aliphatic rings. The van der Waals surface area contributed by atoms with Crippen molar-refractivity contribution in [3.63, 3.8) is 0 Å². The predicted molar refractivity (Wildman–Crippen MR) is 33.1 cm³/mol. The van der Waals surface area contributed by atoms with Gasteiger partial charge in [0.1, 0.15) is 23.3 Å². The zero-order valence-corrected chi connectivity index (χ0v) is 5.90. The second-order valence-corrected chi connectivity index (χ2v) is 1.69. The Morgan fingerprint density at radius 3 is 2.64 bits per heavy atom. The second-order valence-electron chi connectivity index (χ2n) is 1.69. The first kappa shape index (κ1) is 9.47. The molecule has 2 N–H and O–H groups in total. The maximum atomic E-state index is 9.85. The molecule has 0 saturated heterocycles. The van der Waals surface area contributed by atoms with Gasteiger partial charge in [0.05, 0.1) is 5.22 Å². The van der Waals surface area contributed by atoms with Gasteiger partial charge in [-0.25, -0.2) is 0 Å². The van der Waals surface area contributed by atoms with Crippen molar-refractivity contribution in [3.05, 3.63) is 0 Å². The van der Waals surface area contributed by atoms with E-state index in [2.05, 4.69) is 15.7 Å². The van der Waals surface area contributed by atoms with Gasteiger partial charge in [-0.1, -0.05) is 0 Å². The third kappa shape index (κ3) is 4.94. The van der Waals surface area contributed by atoms with Crippen LogP contribution in [0.15, 0.2) is 15.7 Å². The van der Waals surface area contributed by atoms with Crippen molar-refractivity contribution in [2.24, 2.45) is 15.7 Å². The van der Waals surface area contributed by atoms with Crippen molar-refractivity contribution in [2.45, 2.75) is 12.8 Å². The molecule has 11 heavy (non-hydrogen) atoms. The van der Waals surface area contributed by atoms with E-state index in [1.165, 1.54) is 0 Å². The molecule has 0 aromatic rings. The van der Waals surface area contributed by atoms with E-state index in [1.807, 2.05) is 0 Å². The van der Waals surface area contributed by atoms with E-state index >= 15 is 0 Å². The number of nitrogens with one attached hydrogen (secondary N) is 2. The first-order valence-corrected chi connectivity index (χ1v) is 3.01. The highest BCUT2D eigenvalue weighted by molar-refractivity contribution is 5.48. The summed E-state index contributed by atoms with van der Waals surface area (Å²) in [6.45, 7) is 0.338. The van der Waals surface area contributed by atoms with E-state index in [4.69, 9.17) is 11.1 Å². The van der Waals surface area contributed by atoms with Crippen LogP contribution in [0.1, 0.15) is 12.8 Å². The van der Waals surface area contributed by atoms with Crippen LogP contribution in [0.2, 0.25) is 0 Å². The van der Waals surface area contributed by atoms with Gasteiger partial charge in [-0.15, -0.1) is 5.53 Å². The SMILES string of the molecule is N=NN=[N+](CCCC=O)N=N. The van der Waals surface area contributed by atoms with Gasteiger partial charge in [-0.05, 0) is 16.8 Å². The Balaban J connectivity index is 3.69. The van der Waals surface area contributed by atoms with Crippen LogP contribution >= 0.6 is 0 Å².